The predicted octanol–water partition coefficient (Wildman–Crippen LogP) is 4.65. The van der Waals surface area contributed by atoms with Gasteiger partial charge in [-0.25, -0.2) is 0 Å². The summed E-state index contributed by atoms with van der Waals surface area (Å²) in [7, 11) is -3.95. The summed E-state index contributed by atoms with van der Waals surface area (Å²) in [5, 5.41) is 0. The van der Waals surface area contributed by atoms with Crippen molar-refractivity contribution in [2.24, 2.45) is 0 Å². The lowest BCUT2D eigenvalue weighted by Crippen LogP contribution is -1.85. The zero-order chi connectivity index (χ0) is 14.7. The molecule has 0 heterocycles. The number of allylic oxidation sites excluding steroid dienone is 1. The molecular weight excluding hydrogens is 271 g/mol. The number of unbranched alkanes of at least 4 members (excludes halogenated alkanes) is 6. The zero-order valence-corrected chi connectivity index (χ0v) is 12.8. The SMILES string of the molecule is O=P(O)(O)C=CCCCCCCCCc1ccccc1. The Bertz CT molecular complexity index is 423. The van der Waals surface area contributed by atoms with Crippen molar-refractivity contribution in [2.45, 2.75) is 51.4 Å². The van der Waals surface area contributed by atoms with E-state index in [1.807, 2.05) is 6.07 Å². The largest absolute Gasteiger partial charge is 0.348 e. The first-order valence-electron chi connectivity index (χ1n) is 7.35. The van der Waals surface area contributed by atoms with Crippen molar-refractivity contribution in [1.82, 2.24) is 0 Å². The minimum absolute atomic E-state index is 0.759. The molecule has 0 saturated carbocycles. The van der Waals surface area contributed by atoms with Crippen molar-refractivity contribution >= 4 is 7.60 Å². The van der Waals surface area contributed by atoms with Crippen LogP contribution >= 0.6 is 7.60 Å². The van der Waals surface area contributed by atoms with Gasteiger partial charge in [0.15, 0.2) is 0 Å². The minimum atomic E-state index is -3.95. The van der Waals surface area contributed by atoms with E-state index in [0.29, 0.717) is 0 Å². The number of benzene rings is 1. The van der Waals surface area contributed by atoms with Crippen LogP contribution in [0.4, 0.5) is 0 Å². The molecule has 0 aliphatic rings. The van der Waals surface area contributed by atoms with Crippen molar-refractivity contribution in [3.8, 4) is 0 Å². The second kappa shape index (κ2) is 9.93. The molecule has 0 bridgehead atoms. The van der Waals surface area contributed by atoms with Gasteiger partial charge in [-0.3, -0.25) is 4.57 Å². The number of rotatable bonds is 10. The van der Waals surface area contributed by atoms with Crippen molar-refractivity contribution in [3.05, 3.63) is 47.8 Å². The van der Waals surface area contributed by atoms with E-state index in [4.69, 9.17) is 9.79 Å². The van der Waals surface area contributed by atoms with Crippen molar-refractivity contribution in [3.63, 3.8) is 0 Å². The first kappa shape index (κ1) is 17.2. The second-order valence-electron chi connectivity index (χ2n) is 5.12. The Kier molecular flexibility index (Phi) is 8.52. The lowest BCUT2D eigenvalue weighted by Gasteiger charge is -2.02. The Labute approximate surface area is 121 Å². The van der Waals surface area contributed by atoms with Gasteiger partial charge in [-0.15, -0.1) is 0 Å². The predicted molar refractivity (Wildman–Crippen MR) is 83.6 cm³/mol. The van der Waals surface area contributed by atoms with Gasteiger partial charge in [0.25, 0.3) is 0 Å². The van der Waals surface area contributed by atoms with E-state index in [-0.39, 0.29) is 0 Å². The molecule has 0 aliphatic carbocycles. The summed E-state index contributed by atoms with van der Waals surface area (Å²) >= 11 is 0. The fourth-order valence-electron chi connectivity index (χ4n) is 2.15. The van der Waals surface area contributed by atoms with Crippen LogP contribution in [0.1, 0.15) is 50.5 Å². The third kappa shape index (κ3) is 9.96. The second-order valence-corrected chi connectivity index (χ2v) is 6.60. The van der Waals surface area contributed by atoms with Gasteiger partial charge in [-0.1, -0.05) is 62.1 Å². The molecule has 0 fully saturated rings. The van der Waals surface area contributed by atoms with E-state index in [1.165, 1.54) is 31.2 Å². The number of aryl methyl sites for hydroxylation is 1. The van der Waals surface area contributed by atoms with Crippen molar-refractivity contribution in [2.75, 3.05) is 0 Å². The van der Waals surface area contributed by atoms with Crippen LogP contribution in [0, 0.1) is 0 Å². The maximum absolute atomic E-state index is 10.6. The molecule has 0 saturated heterocycles. The smallest absolute Gasteiger partial charge is 0.321 e. The molecule has 0 aliphatic heterocycles. The van der Waals surface area contributed by atoms with Gasteiger partial charge in [-0.2, -0.15) is 0 Å². The molecule has 1 aromatic carbocycles. The zero-order valence-electron chi connectivity index (χ0n) is 11.9. The van der Waals surface area contributed by atoms with Gasteiger partial charge in [0.05, 0.1) is 0 Å². The molecule has 20 heavy (non-hydrogen) atoms. The molecule has 1 aromatic rings. The Morgan fingerprint density at radius 3 is 2.15 bits per heavy atom. The molecule has 0 amide bonds. The van der Waals surface area contributed by atoms with Crippen LogP contribution in [0.5, 0.6) is 0 Å². The van der Waals surface area contributed by atoms with Crippen LogP contribution in [-0.4, -0.2) is 9.79 Å². The third-order valence-electron chi connectivity index (χ3n) is 3.23. The Balaban J connectivity index is 1.90. The normalized spacial score (nSPS) is 12.1. The van der Waals surface area contributed by atoms with Crippen LogP contribution in [0.3, 0.4) is 0 Å². The molecule has 0 radical (unpaired) electrons. The summed E-state index contributed by atoms with van der Waals surface area (Å²) in [5.41, 5.74) is 1.41. The van der Waals surface area contributed by atoms with Crippen LogP contribution in [0.25, 0.3) is 0 Å². The van der Waals surface area contributed by atoms with Crippen LogP contribution in [0.15, 0.2) is 42.2 Å². The monoisotopic (exact) mass is 296 g/mol. The van der Waals surface area contributed by atoms with Crippen LogP contribution in [-0.2, 0) is 11.0 Å². The highest BCUT2D eigenvalue weighted by atomic mass is 31.2. The van der Waals surface area contributed by atoms with Crippen molar-refractivity contribution in [1.29, 1.82) is 0 Å². The highest BCUT2D eigenvalue weighted by Crippen LogP contribution is 2.36. The molecule has 112 valence electrons. The minimum Gasteiger partial charge on any atom is -0.321 e. The van der Waals surface area contributed by atoms with Gasteiger partial charge in [0.2, 0.25) is 0 Å². The molecule has 0 aromatic heterocycles. The number of hydrogen-bond acceptors (Lipinski definition) is 1. The summed E-state index contributed by atoms with van der Waals surface area (Å²) in [5.74, 6) is 1.01. The summed E-state index contributed by atoms with van der Waals surface area (Å²) < 4.78 is 10.6. The Hall–Kier alpha value is -0.890. The number of hydrogen-bond donors (Lipinski definition) is 2. The van der Waals surface area contributed by atoms with Crippen molar-refractivity contribution < 1.29 is 14.4 Å². The Morgan fingerprint density at radius 1 is 0.900 bits per heavy atom. The van der Waals surface area contributed by atoms with Crippen LogP contribution in [0.2, 0.25) is 0 Å². The average molecular weight is 296 g/mol. The van der Waals surface area contributed by atoms with Crippen LogP contribution < -0.4 is 0 Å². The maximum Gasteiger partial charge on any atom is 0.348 e. The van der Waals surface area contributed by atoms with E-state index >= 15 is 0 Å². The van der Waals surface area contributed by atoms with Gasteiger partial charge in [-0.05, 0) is 31.2 Å². The quantitative estimate of drug-likeness (QED) is 0.488. The topological polar surface area (TPSA) is 57.5 Å². The molecule has 2 N–H and O–H groups in total. The van der Waals surface area contributed by atoms with E-state index < -0.39 is 7.60 Å². The summed E-state index contributed by atoms with van der Waals surface area (Å²) in [6.45, 7) is 0. The van der Waals surface area contributed by atoms with E-state index in [2.05, 4.69) is 24.3 Å². The molecule has 3 nitrogen and oxygen atoms in total. The third-order valence-corrected chi connectivity index (χ3v) is 3.83. The van der Waals surface area contributed by atoms with Gasteiger partial charge >= 0.3 is 7.60 Å². The van der Waals surface area contributed by atoms with E-state index in [9.17, 15) is 4.57 Å². The van der Waals surface area contributed by atoms with Gasteiger partial charge in [0.1, 0.15) is 0 Å². The lowest BCUT2D eigenvalue weighted by molar-refractivity contribution is 0.386. The highest BCUT2D eigenvalue weighted by Gasteiger charge is 2.04. The molecule has 4 heteroatoms. The Morgan fingerprint density at radius 2 is 1.50 bits per heavy atom. The average Bonchev–Trinajstić information content (AvgIpc) is 2.41. The van der Waals surface area contributed by atoms with Gasteiger partial charge in [0, 0.05) is 5.82 Å². The molecule has 0 unspecified atom stereocenters. The molecule has 0 atom stereocenters. The first-order chi connectivity index (χ1) is 9.58. The lowest BCUT2D eigenvalue weighted by atomic mass is 10.0. The summed E-state index contributed by atoms with van der Waals surface area (Å²) in [6, 6.07) is 10.6. The highest BCUT2D eigenvalue weighted by molar-refractivity contribution is 7.55. The first-order valence-corrected chi connectivity index (χ1v) is 9.03. The van der Waals surface area contributed by atoms with E-state index in [0.717, 1.165) is 31.5 Å². The maximum atomic E-state index is 10.6. The summed E-state index contributed by atoms with van der Waals surface area (Å²) in [4.78, 5) is 17.3. The fraction of sp³-hybridized carbons (Fsp3) is 0.500. The molecule has 0 spiro atoms. The molecular formula is C16H25O3P. The summed E-state index contributed by atoms with van der Waals surface area (Å²) in [6.07, 6.45) is 10.6. The van der Waals surface area contributed by atoms with E-state index in [1.54, 1.807) is 6.08 Å². The standard InChI is InChI=1S/C16H25O3P/c17-20(18,19)15-11-6-4-2-1-3-5-8-12-16-13-9-7-10-14-16/h7,9-11,13-15H,1-6,8,12H2,(H2,17,18,19). The van der Waals surface area contributed by atoms with Gasteiger partial charge < -0.3 is 9.79 Å². The fourth-order valence-corrected chi connectivity index (χ4v) is 2.58. The molecule has 1 rings (SSSR count).